The fraction of sp³-hybridized carbons (Fsp3) is 0.846. The van der Waals surface area contributed by atoms with E-state index >= 15 is 0 Å². The summed E-state index contributed by atoms with van der Waals surface area (Å²) in [5, 5.41) is 0. The van der Waals surface area contributed by atoms with Gasteiger partial charge < -0.3 is 10.5 Å². The van der Waals surface area contributed by atoms with E-state index in [1.165, 1.54) is 0 Å². The zero-order valence-corrected chi connectivity index (χ0v) is 10.3. The molecule has 0 aliphatic carbocycles. The van der Waals surface area contributed by atoms with Gasteiger partial charge in [0.05, 0.1) is 12.2 Å². The second-order valence-corrected chi connectivity index (χ2v) is 4.61. The summed E-state index contributed by atoms with van der Waals surface area (Å²) in [6.07, 6.45) is 2.52. The monoisotopic (exact) mass is 209 g/mol. The molecule has 5 atom stereocenters. The van der Waals surface area contributed by atoms with Crippen molar-refractivity contribution in [3.63, 3.8) is 0 Å². The molecule has 0 bridgehead atoms. The second-order valence-electron chi connectivity index (χ2n) is 4.61. The summed E-state index contributed by atoms with van der Waals surface area (Å²) in [5.74, 6) is 7.03. The molecular formula is C13H23NO. The molecule has 0 radical (unpaired) electrons. The standard InChI is InChI=1S/C13H23NO/c1-5-6-7-8-12(14)13-9(2)10(3)15-11(13)4/h9-13H,7-8,14H2,1-4H3. The molecule has 2 heteroatoms. The SMILES string of the molecule is CC#CCCC(N)C1C(C)OC(C)C1C. The molecule has 86 valence electrons. The first-order valence-corrected chi connectivity index (χ1v) is 5.88. The minimum atomic E-state index is 0.223. The van der Waals surface area contributed by atoms with E-state index in [0.29, 0.717) is 24.0 Å². The van der Waals surface area contributed by atoms with Crippen molar-refractivity contribution in [1.82, 2.24) is 0 Å². The Kier molecular flexibility index (Phi) is 4.63. The van der Waals surface area contributed by atoms with Crippen LogP contribution in [-0.4, -0.2) is 18.2 Å². The van der Waals surface area contributed by atoms with Gasteiger partial charge in [-0.1, -0.05) is 6.92 Å². The van der Waals surface area contributed by atoms with Crippen LogP contribution in [0, 0.1) is 23.7 Å². The highest BCUT2D eigenvalue weighted by Gasteiger charge is 2.39. The zero-order chi connectivity index (χ0) is 11.4. The molecule has 2 N–H and O–H groups in total. The van der Waals surface area contributed by atoms with Crippen molar-refractivity contribution in [2.45, 2.75) is 58.8 Å². The average Bonchev–Trinajstić information content (AvgIpc) is 2.41. The van der Waals surface area contributed by atoms with Crippen molar-refractivity contribution < 1.29 is 4.74 Å². The third-order valence-electron chi connectivity index (χ3n) is 3.59. The van der Waals surface area contributed by atoms with Crippen LogP contribution in [0.3, 0.4) is 0 Å². The van der Waals surface area contributed by atoms with Crippen molar-refractivity contribution in [3.8, 4) is 11.8 Å². The van der Waals surface area contributed by atoms with Crippen LogP contribution < -0.4 is 5.73 Å². The van der Waals surface area contributed by atoms with Gasteiger partial charge in [0.15, 0.2) is 0 Å². The molecule has 1 fully saturated rings. The molecule has 0 amide bonds. The average molecular weight is 209 g/mol. The van der Waals surface area contributed by atoms with Gasteiger partial charge in [0.2, 0.25) is 0 Å². The molecule has 1 heterocycles. The van der Waals surface area contributed by atoms with Crippen LogP contribution in [0.1, 0.15) is 40.5 Å². The smallest absolute Gasteiger partial charge is 0.0597 e. The summed E-state index contributed by atoms with van der Waals surface area (Å²) in [6.45, 7) is 8.39. The van der Waals surface area contributed by atoms with E-state index in [2.05, 4.69) is 32.6 Å². The van der Waals surface area contributed by atoms with Gasteiger partial charge in [-0.05, 0) is 33.1 Å². The first kappa shape index (κ1) is 12.5. The van der Waals surface area contributed by atoms with Gasteiger partial charge in [0, 0.05) is 18.4 Å². The predicted molar refractivity (Wildman–Crippen MR) is 63.3 cm³/mol. The van der Waals surface area contributed by atoms with E-state index in [9.17, 15) is 0 Å². The first-order valence-electron chi connectivity index (χ1n) is 5.88. The Morgan fingerprint density at radius 3 is 2.40 bits per heavy atom. The first-order chi connectivity index (χ1) is 7.07. The molecule has 1 rings (SSSR count). The second kappa shape index (κ2) is 5.53. The maximum atomic E-state index is 6.22. The number of rotatable bonds is 3. The van der Waals surface area contributed by atoms with Crippen LogP contribution >= 0.6 is 0 Å². The Morgan fingerprint density at radius 1 is 1.27 bits per heavy atom. The highest BCUT2D eigenvalue weighted by Crippen LogP contribution is 2.34. The number of nitrogens with two attached hydrogens (primary N) is 1. The Balaban J connectivity index is 2.49. The highest BCUT2D eigenvalue weighted by molar-refractivity contribution is 4.97. The summed E-state index contributed by atoms with van der Waals surface area (Å²) < 4.78 is 5.80. The molecule has 2 nitrogen and oxygen atoms in total. The van der Waals surface area contributed by atoms with E-state index < -0.39 is 0 Å². The van der Waals surface area contributed by atoms with Gasteiger partial charge >= 0.3 is 0 Å². The van der Waals surface area contributed by atoms with Gasteiger partial charge in [-0.15, -0.1) is 11.8 Å². The van der Waals surface area contributed by atoms with Crippen molar-refractivity contribution in [1.29, 1.82) is 0 Å². The lowest BCUT2D eigenvalue weighted by Gasteiger charge is -2.25. The molecular weight excluding hydrogens is 186 g/mol. The maximum Gasteiger partial charge on any atom is 0.0597 e. The molecule has 0 aromatic heterocycles. The topological polar surface area (TPSA) is 35.2 Å². The lowest BCUT2D eigenvalue weighted by Crippen LogP contribution is -2.37. The van der Waals surface area contributed by atoms with Crippen molar-refractivity contribution >= 4 is 0 Å². The van der Waals surface area contributed by atoms with Crippen LogP contribution in [0.15, 0.2) is 0 Å². The van der Waals surface area contributed by atoms with Gasteiger partial charge in [0.25, 0.3) is 0 Å². The fourth-order valence-corrected chi connectivity index (χ4v) is 2.59. The minimum absolute atomic E-state index is 0.223. The predicted octanol–water partition coefficient (Wildman–Crippen LogP) is 2.18. The number of ether oxygens (including phenoxy) is 1. The van der Waals surface area contributed by atoms with E-state index in [-0.39, 0.29) is 6.04 Å². The van der Waals surface area contributed by atoms with Crippen LogP contribution in [0.25, 0.3) is 0 Å². The van der Waals surface area contributed by atoms with Crippen LogP contribution in [0.2, 0.25) is 0 Å². The molecule has 0 aromatic rings. The third-order valence-corrected chi connectivity index (χ3v) is 3.59. The Morgan fingerprint density at radius 2 is 1.93 bits per heavy atom. The Bertz CT molecular complexity index is 253. The third kappa shape index (κ3) is 2.96. The lowest BCUT2D eigenvalue weighted by atomic mass is 9.82. The fourth-order valence-electron chi connectivity index (χ4n) is 2.59. The van der Waals surface area contributed by atoms with Gasteiger partial charge in [0.1, 0.15) is 0 Å². The summed E-state index contributed by atoms with van der Waals surface area (Å²) >= 11 is 0. The summed E-state index contributed by atoms with van der Waals surface area (Å²) in [6, 6.07) is 0.223. The zero-order valence-electron chi connectivity index (χ0n) is 10.3. The largest absolute Gasteiger partial charge is 0.375 e. The van der Waals surface area contributed by atoms with Crippen molar-refractivity contribution in [2.24, 2.45) is 17.6 Å². The molecule has 5 unspecified atom stereocenters. The lowest BCUT2D eigenvalue weighted by molar-refractivity contribution is 0.0488. The molecule has 0 spiro atoms. The van der Waals surface area contributed by atoms with Crippen LogP contribution in [0.5, 0.6) is 0 Å². The van der Waals surface area contributed by atoms with Crippen molar-refractivity contribution in [2.75, 3.05) is 0 Å². The van der Waals surface area contributed by atoms with Gasteiger partial charge in [-0.25, -0.2) is 0 Å². The van der Waals surface area contributed by atoms with E-state index in [1.807, 2.05) is 6.92 Å². The number of hydrogen-bond donors (Lipinski definition) is 1. The minimum Gasteiger partial charge on any atom is -0.375 e. The molecule has 1 aliphatic heterocycles. The molecule has 1 saturated heterocycles. The van der Waals surface area contributed by atoms with Crippen LogP contribution in [-0.2, 0) is 4.74 Å². The van der Waals surface area contributed by atoms with Crippen LogP contribution in [0.4, 0.5) is 0 Å². The molecule has 15 heavy (non-hydrogen) atoms. The number of hydrogen-bond acceptors (Lipinski definition) is 2. The Labute approximate surface area is 93.6 Å². The summed E-state index contributed by atoms with van der Waals surface area (Å²) in [4.78, 5) is 0. The van der Waals surface area contributed by atoms with Gasteiger partial charge in [-0.2, -0.15) is 0 Å². The highest BCUT2D eigenvalue weighted by atomic mass is 16.5. The van der Waals surface area contributed by atoms with E-state index in [4.69, 9.17) is 10.5 Å². The maximum absolute atomic E-state index is 6.22. The van der Waals surface area contributed by atoms with Gasteiger partial charge in [-0.3, -0.25) is 0 Å². The molecule has 0 saturated carbocycles. The molecule has 1 aliphatic rings. The van der Waals surface area contributed by atoms with Crippen molar-refractivity contribution in [3.05, 3.63) is 0 Å². The summed E-state index contributed by atoms with van der Waals surface area (Å²) in [7, 11) is 0. The summed E-state index contributed by atoms with van der Waals surface area (Å²) in [5.41, 5.74) is 6.22. The van der Waals surface area contributed by atoms with E-state index in [0.717, 1.165) is 12.8 Å². The normalized spacial score (nSPS) is 37.1. The molecule has 0 aromatic carbocycles. The van der Waals surface area contributed by atoms with E-state index in [1.54, 1.807) is 0 Å². The quantitative estimate of drug-likeness (QED) is 0.723. The Hall–Kier alpha value is -0.520.